The molecule has 1 N–H and O–H groups in total. The Morgan fingerprint density at radius 3 is 2.12 bits per heavy atom. The highest BCUT2D eigenvalue weighted by Gasteiger charge is 2.17. The number of nitrogens with one attached hydrogen (secondary N) is 1. The zero-order valence-corrected chi connectivity index (χ0v) is 14.5. The predicted molar refractivity (Wildman–Crippen MR) is 81.5 cm³/mol. The molecule has 16 heavy (non-hydrogen) atoms. The normalized spacial score (nSPS) is 10.6. The molecule has 1 rings (SSSR count). The van der Waals surface area contributed by atoms with Gasteiger partial charge in [0.25, 0.3) is 0 Å². The van der Waals surface area contributed by atoms with Crippen LogP contribution >= 0.6 is 63.7 Å². The van der Waals surface area contributed by atoms with Crippen molar-refractivity contribution in [3.63, 3.8) is 0 Å². The van der Waals surface area contributed by atoms with Gasteiger partial charge in [0.2, 0.25) is 5.91 Å². The summed E-state index contributed by atoms with van der Waals surface area (Å²) in [5.74, 6) is -0.0969. The molecule has 6 heteroatoms. The monoisotopic (exact) mass is 475 g/mol. The maximum Gasteiger partial charge on any atom is 0.229 e. The van der Waals surface area contributed by atoms with E-state index < -0.39 is 0 Å². The van der Waals surface area contributed by atoms with Crippen LogP contribution < -0.4 is 5.32 Å². The smallest absolute Gasteiger partial charge is 0.229 e. The van der Waals surface area contributed by atoms with Crippen molar-refractivity contribution < 1.29 is 4.79 Å². The van der Waals surface area contributed by atoms with Gasteiger partial charge in [0.05, 0.1) is 11.6 Å². The second-order valence-electron chi connectivity index (χ2n) is 3.09. The summed E-state index contributed by atoms with van der Waals surface area (Å²) < 4.78 is 1.72. The fraction of sp³-hybridized carbons (Fsp3) is 0.300. The van der Waals surface area contributed by atoms with Crippen molar-refractivity contribution in [2.75, 3.05) is 16.0 Å². The summed E-state index contributed by atoms with van der Waals surface area (Å²) >= 11 is 13.4. The van der Waals surface area contributed by atoms with E-state index in [0.717, 1.165) is 14.6 Å². The number of para-hydroxylation sites is 1. The van der Waals surface area contributed by atoms with Crippen LogP contribution in [0.15, 0.2) is 27.1 Å². The lowest BCUT2D eigenvalue weighted by Crippen LogP contribution is -2.25. The Balaban J connectivity index is 2.84. The lowest BCUT2D eigenvalue weighted by atomic mass is 10.2. The van der Waals surface area contributed by atoms with Gasteiger partial charge >= 0.3 is 0 Å². The third kappa shape index (κ3) is 3.82. The molecule has 0 aliphatic heterocycles. The molecular weight excluding hydrogens is 470 g/mol. The second kappa shape index (κ2) is 7.13. The van der Waals surface area contributed by atoms with Crippen molar-refractivity contribution in [2.45, 2.75) is 0 Å². The number of hydrogen-bond acceptors (Lipinski definition) is 1. The summed E-state index contributed by atoms with van der Waals surface area (Å²) in [4.78, 5) is 11.9. The highest BCUT2D eigenvalue weighted by atomic mass is 79.9. The minimum atomic E-state index is -0.0843. The molecule has 0 fully saturated rings. The molecule has 0 spiro atoms. The van der Waals surface area contributed by atoms with Crippen molar-refractivity contribution in [1.82, 2.24) is 0 Å². The van der Waals surface area contributed by atoms with Crippen LogP contribution in [0.3, 0.4) is 0 Å². The fourth-order valence-corrected chi connectivity index (χ4v) is 3.88. The average Bonchev–Trinajstić information content (AvgIpc) is 2.25. The first-order chi connectivity index (χ1) is 7.60. The molecule has 1 aromatic carbocycles. The van der Waals surface area contributed by atoms with E-state index in [-0.39, 0.29) is 11.8 Å². The Morgan fingerprint density at radius 2 is 1.69 bits per heavy atom. The molecule has 1 amide bonds. The molecule has 0 heterocycles. The van der Waals surface area contributed by atoms with E-state index in [0.29, 0.717) is 10.7 Å². The average molecular weight is 479 g/mol. The maximum absolute atomic E-state index is 11.9. The molecule has 0 aromatic heterocycles. The van der Waals surface area contributed by atoms with Crippen LogP contribution in [0, 0.1) is 5.92 Å². The zero-order chi connectivity index (χ0) is 12.1. The van der Waals surface area contributed by atoms with Gasteiger partial charge in [-0.2, -0.15) is 0 Å². The number of alkyl halides is 2. The van der Waals surface area contributed by atoms with Crippen molar-refractivity contribution in [3.05, 3.63) is 27.1 Å². The molecule has 0 aliphatic rings. The first-order valence-corrected chi connectivity index (χ1v) is 8.29. The summed E-state index contributed by atoms with van der Waals surface area (Å²) in [5.41, 5.74) is 0.763. The van der Waals surface area contributed by atoms with E-state index in [4.69, 9.17) is 0 Å². The summed E-state index contributed by atoms with van der Waals surface area (Å²) in [6.45, 7) is 0. The highest BCUT2D eigenvalue weighted by molar-refractivity contribution is 9.11. The molecule has 0 unspecified atom stereocenters. The van der Waals surface area contributed by atoms with Crippen LogP contribution in [0.25, 0.3) is 0 Å². The van der Waals surface area contributed by atoms with Gasteiger partial charge in [-0.3, -0.25) is 4.79 Å². The number of anilines is 1. The van der Waals surface area contributed by atoms with E-state index in [1.165, 1.54) is 0 Å². The predicted octanol–water partition coefficient (Wildman–Crippen LogP) is 4.56. The molecule has 0 atom stereocenters. The van der Waals surface area contributed by atoms with Crippen molar-refractivity contribution in [3.8, 4) is 0 Å². The van der Waals surface area contributed by atoms with Gasteiger partial charge in [0.15, 0.2) is 0 Å². The number of hydrogen-bond donors (Lipinski definition) is 1. The minimum absolute atomic E-state index is 0.0126. The van der Waals surface area contributed by atoms with Crippen LogP contribution in [0.1, 0.15) is 0 Å². The third-order valence-corrected chi connectivity index (χ3v) is 4.84. The number of amides is 1. The minimum Gasteiger partial charge on any atom is -0.324 e. The molecule has 88 valence electrons. The molecule has 0 saturated carbocycles. The van der Waals surface area contributed by atoms with Gasteiger partial charge in [-0.05, 0) is 44.0 Å². The highest BCUT2D eigenvalue weighted by Crippen LogP contribution is 2.31. The Bertz CT molecular complexity index is 359. The first kappa shape index (κ1) is 14.7. The summed E-state index contributed by atoms with van der Waals surface area (Å²) in [7, 11) is 0. The van der Waals surface area contributed by atoms with Crippen molar-refractivity contribution >= 4 is 75.3 Å². The molecule has 0 bridgehead atoms. The molecular formula is C10H9Br4NO. The quantitative estimate of drug-likeness (QED) is 0.632. The van der Waals surface area contributed by atoms with Crippen molar-refractivity contribution in [1.29, 1.82) is 0 Å². The van der Waals surface area contributed by atoms with Crippen LogP contribution in [-0.4, -0.2) is 16.6 Å². The van der Waals surface area contributed by atoms with Gasteiger partial charge in [-0.1, -0.05) is 37.9 Å². The molecule has 0 saturated heterocycles. The summed E-state index contributed by atoms with van der Waals surface area (Å²) in [6.07, 6.45) is 0. The summed E-state index contributed by atoms with van der Waals surface area (Å²) in [5, 5.41) is 4.15. The molecule has 0 radical (unpaired) electrons. The Labute approximate surface area is 128 Å². The first-order valence-electron chi connectivity index (χ1n) is 4.47. The largest absolute Gasteiger partial charge is 0.324 e. The van der Waals surface area contributed by atoms with Crippen LogP contribution in [0.2, 0.25) is 0 Å². The summed E-state index contributed by atoms with van der Waals surface area (Å²) in [6, 6.07) is 5.67. The number of carbonyl (C=O) groups excluding carboxylic acids is 1. The van der Waals surface area contributed by atoms with Crippen LogP contribution in [0.5, 0.6) is 0 Å². The lowest BCUT2D eigenvalue weighted by Gasteiger charge is -2.13. The van der Waals surface area contributed by atoms with Crippen LogP contribution in [0.4, 0.5) is 5.69 Å². The van der Waals surface area contributed by atoms with E-state index >= 15 is 0 Å². The van der Waals surface area contributed by atoms with E-state index in [1.54, 1.807) is 0 Å². The standard InChI is InChI=1S/C10H9Br4NO/c11-4-6(5-12)10(16)15-9-7(13)2-1-3-8(9)14/h1-3,6H,4-5H2,(H,15,16). The second-order valence-corrected chi connectivity index (χ2v) is 6.10. The van der Waals surface area contributed by atoms with Gasteiger partial charge in [-0.15, -0.1) is 0 Å². The fourth-order valence-electron chi connectivity index (χ4n) is 1.02. The molecule has 1 aromatic rings. The Kier molecular flexibility index (Phi) is 6.54. The SMILES string of the molecule is O=C(Nc1c(Br)cccc1Br)C(CBr)CBr. The molecule has 0 aliphatic carbocycles. The zero-order valence-electron chi connectivity index (χ0n) is 8.14. The number of carbonyl (C=O) groups is 1. The van der Waals surface area contributed by atoms with E-state index in [1.807, 2.05) is 18.2 Å². The third-order valence-electron chi connectivity index (χ3n) is 1.95. The van der Waals surface area contributed by atoms with E-state index in [9.17, 15) is 4.79 Å². The van der Waals surface area contributed by atoms with Gasteiger partial charge < -0.3 is 5.32 Å². The number of benzene rings is 1. The molecule has 2 nitrogen and oxygen atoms in total. The van der Waals surface area contributed by atoms with E-state index in [2.05, 4.69) is 69.0 Å². The lowest BCUT2D eigenvalue weighted by molar-refractivity contribution is -0.118. The number of halogens is 4. The Morgan fingerprint density at radius 1 is 1.19 bits per heavy atom. The maximum atomic E-state index is 11.9. The Hall–Kier alpha value is 0.610. The van der Waals surface area contributed by atoms with Crippen molar-refractivity contribution in [2.24, 2.45) is 5.92 Å². The van der Waals surface area contributed by atoms with Gasteiger partial charge in [-0.25, -0.2) is 0 Å². The van der Waals surface area contributed by atoms with Gasteiger partial charge in [0.1, 0.15) is 0 Å². The topological polar surface area (TPSA) is 29.1 Å². The number of rotatable bonds is 4. The van der Waals surface area contributed by atoms with Crippen LogP contribution in [-0.2, 0) is 4.79 Å². The van der Waals surface area contributed by atoms with Gasteiger partial charge in [0, 0.05) is 19.6 Å².